The Kier molecular flexibility index (Phi) is 3.17. The van der Waals surface area contributed by atoms with Crippen LogP contribution in [-0.2, 0) is 0 Å². The highest BCUT2D eigenvalue weighted by Crippen LogP contribution is 2.22. The molecule has 0 unspecified atom stereocenters. The summed E-state index contributed by atoms with van der Waals surface area (Å²) < 4.78 is 5.05. The number of hydrogen-bond donors (Lipinski definition) is 1. The highest BCUT2D eigenvalue weighted by Gasteiger charge is 1.96. The normalized spacial score (nSPS) is 9.50. The smallest absolute Gasteiger partial charge is 0.119 e. The zero-order valence-electron chi connectivity index (χ0n) is 7.13. The third-order valence-corrected chi connectivity index (χ3v) is 2.11. The molecule has 2 nitrogen and oxygen atoms in total. The topological polar surface area (TPSA) is 33.1 Å². The summed E-state index contributed by atoms with van der Waals surface area (Å²) in [5, 5.41) is 7.87. The van der Waals surface area contributed by atoms with Crippen molar-refractivity contribution in [3.05, 3.63) is 24.3 Å². The molecule has 64 valence electrons. The molecule has 0 saturated heterocycles. The maximum Gasteiger partial charge on any atom is 0.119 e. The first-order valence-electron chi connectivity index (χ1n) is 3.59. The van der Waals surface area contributed by atoms with Crippen LogP contribution in [0.2, 0.25) is 0 Å². The molecule has 0 heterocycles. The molecule has 0 atom stereocenters. The van der Waals surface area contributed by atoms with Gasteiger partial charge in [0.15, 0.2) is 0 Å². The van der Waals surface area contributed by atoms with Gasteiger partial charge in [-0.25, -0.2) is 0 Å². The highest BCUT2D eigenvalue weighted by atomic mass is 32.2. The van der Waals surface area contributed by atoms with E-state index in [4.69, 9.17) is 10.1 Å². The van der Waals surface area contributed by atoms with Crippen molar-refractivity contribution in [3.63, 3.8) is 0 Å². The summed E-state index contributed by atoms with van der Waals surface area (Å²) in [4.78, 5) is 1.04. The van der Waals surface area contributed by atoms with Gasteiger partial charge in [-0.05, 0) is 25.1 Å². The Labute approximate surface area is 76.4 Å². The number of thioether (sulfide) groups is 1. The fourth-order valence-corrected chi connectivity index (χ4v) is 1.52. The zero-order valence-corrected chi connectivity index (χ0v) is 7.94. The maximum absolute atomic E-state index is 7.28. The van der Waals surface area contributed by atoms with Gasteiger partial charge in [-0.3, -0.25) is 5.41 Å². The minimum atomic E-state index is 0.586. The molecule has 0 fully saturated rings. The second-order valence-electron chi connectivity index (χ2n) is 2.34. The first-order chi connectivity index (χ1) is 5.72. The van der Waals surface area contributed by atoms with E-state index < -0.39 is 0 Å². The van der Waals surface area contributed by atoms with E-state index in [0.29, 0.717) is 5.04 Å². The van der Waals surface area contributed by atoms with Crippen molar-refractivity contribution in [2.45, 2.75) is 11.8 Å². The molecular formula is C9H11NOS. The molecule has 0 bridgehead atoms. The first kappa shape index (κ1) is 9.13. The minimum absolute atomic E-state index is 0.586. The Bertz CT molecular complexity index is 286. The molecule has 3 heteroatoms. The van der Waals surface area contributed by atoms with Crippen molar-refractivity contribution in [2.75, 3.05) is 7.11 Å². The minimum Gasteiger partial charge on any atom is -0.497 e. The zero-order chi connectivity index (χ0) is 8.97. The van der Waals surface area contributed by atoms with Crippen LogP contribution in [0, 0.1) is 5.41 Å². The van der Waals surface area contributed by atoms with Gasteiger partial charge in [0.25, 0.3) is 0 Å². The average molecular weight is 181 g/mol. The number of methoxy groups -OCH3 is 1. The molecule has 0 saturated carbocycles. The summed E-state index contributed by atoms with van der Waals surface area (Å²) in [7, 11) is 1.64. The van der Waals surface area contributed by atoms with Crippen molar-refractivity contribution in [1.29, 1.82) is 5.41 Å². The van der Waals surface area contributed by atoms with Crippen LogP contribution >= 0.6 is 11.8 Å². The predicted molar refractivity (Wildman–Crippen MR) is 52.3 cm³/mol. The van der Waals surface area contributed by atoms with Crippen LogP contribution < -0.4 is 4.74 Å². The fourth-order valence-electron chi connectivity index (χ4n) is 0.841. The van der Waals surface area contributed by atoms with Crippen LogP contribution in [0.5, 0.6) is 5.75 Å². The van der Waals surface area contributed by atoms with Gasteiger partial charge < -0.3 is 4.74 Å². The largest absolute Gasteiger partial charge is 0.497 e. The SMILES string of the molecule is COc1cccc(SC(C)=N)c1. The van der Waals surface area contributed by atoms with Gasteiger partial charge in [0, 0.05) is 4.90 Å². The van der Waals surface area contributed by atoms with Crippen molar-refractivity contribution in [2.24, 2.45) is 0 Å². The van der Waals surface area contributed by atoms with Crippen LogP contribution in [0.1, 0.15) is 6.92 Å². The van der Waals surface area contributed by atoms with Crippen LogP contribution in [0.4, 0.5) is 0 Å². The van der Waals surface area contributed by atoms with E-state index in [1.807, 2.05) is 24.3 Å². The number of ether oxygens (including phenoxy) is 1. The van der Waals surface area contributed by atoms with Gasteiger partial charge >= 0.3 is 0 Å². The third-order valence-electron chi connectivity index (χ3n) is 1.31. The molecule has 0 amide bonds. The highest BCUT2D eigenvalue weighted by molar-refractivity contribution is 8.13. The molecule has 1 aromatic rings. The number of benzene rings is 1. The van der Waals surface area contributed by atoms with Crippen LogP contribution in [0.15, 0.2) is 29.2 Å². The summed E-state index contributed by atoms with van der Waals surface area (Å²) >= 11 is 1.43. The molecule has 0 aliphatic heterocycles. The second kappa shape index (κ2) is 4.16. The molecule has 0 aliphatic carbocycles. The molecular weight excluding hydrogens is 170 g/mol. The lowest BCUT2D eigenvalue weighted by atomic mass is 10.3. The van der Waals surface area contributed by atoms with Gasteiger partial charge in [-0.15, -0.1) is 0 Å². The Balaban J connectivity index is 2.79. The average Bonchev–Trinajstić information content (AvgIpc) is 2.03. The van der Waals surface area contributed by atoms with Gasteiger partial charge in [-0.2, -0.15) is 0 Å². The quantitative estimate of drug-likeness (QED) is 0.432. The molecule has 1 aromatic carbocycles. The van der Waals surface area contributed by atoms with Crippen LogP contribution in [-0.4, -0.2) is 12.2 Å². The fraction of sp³-hybridized carbons (Fsp3) is 0.222. The van der Waals surface area contributed by atoms with Crippen molar-refractivity contribution in [3.8, 4) is 5.75 Å². The summed E-state index contributed by atoms with van der Waals surface area (Å²) in [6.45, 7) is 1.77. The molecule has 0 spiro atoms. The van der Waals surface area contributed by atoms with E-state index in [-0.39, 0.29) is 0 Å². The number of rotatable bonds is 2. The molecule has 0 radical (unpaired) electrons. The van der Waals surface area contributed by atoms with Crippen molar-refractivity contribution < 1.29 is 4.74 Å². The summed E-state index contributed by atoms with van der Waals surface area (Å²) in [5.74, 6) is 0.834. The second-order valence-corrected chi connectivity index (χ2v) is 3.63. The first-order valence-corrected chi connectivity index (χ1v) is 4.41. The lowest BCUT2D eigenvalue weighted by Gasteiger charge is -2.01. The van der Waals surface area contributed by atoms with Gasteiger partial charge in [0.1, 0.15) is 5.75 Å². The van der Waals surface area contributed by atoms with E-state index in [1.54, 1.807) is 14.0 Å². The van der Waals surface area contributed by atoms with Gasteiger partial charge in [-0.1, -0.05) is 17.8 Å². The summed E-state index contributed by atoms with van der Waals surface area (Å²) in [6, 6.07) is 7.70. The third kappa shape index (κ3) is 2.58. The van der Waals surface area contributed by atoms with Crippen LogP contribution in [0.3, 0.4) is 0 Å². The standard InChI is InChI=1S/C9H11NOS/c1-7(10)12-9-5-3-4-8(6-9)11-2/h3-6,10H,1-2H3. The Morgan fingerprint density at radius 1 is 1.50 bits per heavy atom. The lowest BCUT2D eigenvalue weighted by molar-refractivity contribution is 0.413. The summed E-state index contributed by atoms with van der Waals surface area (Å²) in [6.07, 6.45) is 0. The molecule has 1 rings (SSSR count). The van der Waals surface area contributed by atoms with E-state index >= 15 is 0 Å². The molecule has 0 aromatic heterocycles. The monoisotopic (exact) mass is 181 g/mol. The van der Waals surface area contributed by atoms with E-state index in [2.05, 4.69) is 0 Å². The van der Waals surface area contributed by atoms with Gasteiger partial charge in [0.05, 0.1) is 12.2 Å². The number of nitrogens with one attached hydrogen (secondary N) is 1. The molecule has 12 heavy (non-hydrogen) atoms. The van der Waals surface area contributed by atoms with E-state index in [9.17, 15) is 0 Å². The van der Waals surface area contributed by atoms with E-state index in [1.165, 1.54) is 11.8 Å². The Morgan fingerprint density at radius 3 is 2.83 bits per heavy atom. The number of hydrogen-bond acceptors (Lipinski definition) is 3. The van der Waals surface area contributed by atoms with Crippen LogP contribution in [0.25, 0.3) is 0 Å². The van der Waals surface area contributed by atoms with Crippen molar-refractivity contribution >= 4 is 16.8 Å². The molecule has 1 N–H and O–H groups in total. The Hall–Kier alpha value is -0.960. The molecule has 0 aliphatic rings. The summed E-state index contributed by atoms with van der Waals surface area (Å²) in [5.41, 5.74) is 0. The Morgan fingerprint density at radius 2 is 2.25 bits per heavy atom. The van der Waals surface area contributed by atoms with E-state index in [0.717, 1.165) is 10.6 Å². The van der Waals surface area contributed by atoms with Gasteiger partial charge in [0.2, 0.25) is 0 Å². The lowest BCUT2D eigenvalue weighted by Crippen LogP contribution is -1.84. The van der Waals surface area contributed by atoms with Crippen molar-refractivity contribution in [1.82, 2.24) is 0 Å². The predicted octanol–water partition coefficient (Wildman–Crippen LogP) is 2.78. The maximum atomic E-state index is 7.28.